The van der Waals surface area contributed by atoms with Crippen molar-refractivity contribution in [2.75, 3.05) is 58.6 Å². The van der Waals surface area contributed by atoms with Gasteiger partial charge in [0.25, 0.3) is 0 Å². The smallest absolute Gasteiger partial charge is 0.142 e. The molecule has 0 radical (unpaired) electrons. The fraction of sp³-hybridized carbons (Fsp3) is 0.625. The van der Waals surface area contributed by atoms with Gasteiger partial charge in [-0.05, 0) is 26.0 Å². The summed E-state index contributed by atoms with van der Waals surface area (Å²) in [5.74, 6) is 1.63. The second kappa shape index (κ2) is 10.3. The van der Waals surface area contributed by atoms with Crippen molar-refractivity contribution in [3.63, 3.8) is 0 Å². The van der Waals surface area contributed by atoms with Gasteiger partial charge < -0.3 is 23.8 Å². The second-order valence-corrected chi connectivity index (χ2v) is 4.42. The van der Waals surface area contributed by atoms with E-state index >= 15 is 0 Å². The molecule has 1 aromatic rings. The molecule has 0 aliphatic carbocycles. The van der Waals surface area contributed by atoms with Gasteiger partial charge >= 0.3 is 0 Å². The van der Waals surface area contributed by atoms with E-state index in [-0.39, 0.29) is 0 Å². The molecule has 120 valence electrons. The molecule has 0 N–H and O–H groups in total. The zero-order valence-corrected chi connectivity index (χ0v) is 13.6. The molecule has 0 atom stereocenters. The van der Waals surface area contributed by atoms with E-state index < -0.39 is 0 Å². The molecule has 5 heteroatoms. The average Bonchev–Trinajstić information content (AvgIpc) is 2.53. The van der Waals surface area contributed by atoms with Crippen molar-refractivity contribution in [1.82, 2.24) is 0 Å². The van der Waals surface area contributed by atoms with Crippen LogP contribution >= 0.6 is 0 Å². The Morgan fingerprint density at radius 2 is 1.52 bits per heavy atom. The largest absolute Gasteiger partial charge is 0.497 e. The van der Waals surface area contributed by atoms with Gasteiger partial charge in [-0.3, -0.25) is 0 Å². The molecule has 0 aliphatic rings. The van der Waals surface area contributed by atoms with Crippen molar-refractivity contribution in [2.45, 2.75) is 13.8 Å². The van der Waals surface area contributed by atoms with Gasteiger partial charge in [-0.2, -0.15) is 0 Å². The van der Waals surface area contributed by atoms with Crippen LogP contribution in [0, 0.1) is 0 Å². The van der Waals surface area contributed by atoms with Crippen LogP contribution in [-0.2, 0) is 9.47 Å². The van der Waals surface area contributed by atoms with Gasteiger partial charge in [0.15, 0.2) is 0 Å². The minimum atomic E-state index is 0.670. The Balaban J connectivity index is 2.87. The molecule has 0 fully saturated rings. The van der Waals surface area contributed by atoms with E-state index in [0.29, 0.717) is 26.4 Å². The third-order valence-electron chi connectivity index (χ3n) is 3.15. The van der Waals surface area contributed by atoms with E-state index in [2.05, 4.69) is 4.90 Å². The Morgan fingerprint density at radius 3 is 2.00 bits per heavy atom. The first-order valence-corrected chi connectivity index (χ1v) is 7.39. The second-order valence-electron chi connectivity index (χ2n) is 4.42. The molecule has 0 bridgehead atoms. The summed E-state index contributed by atoms with van der Waals surface area (Å²) in [6.07, 6.45) is 0. The maximum atomic E-state index is 5.47. The standard InChI is InChI=1S/C16H27NO4/c1-5-20-11-9-17(10-12-21-6-2)15-13-14(18-3)7-8-16(15)19-4/h7-8,13H,5-6,9-12H2,1-4H3. The minimum Gasteiger partial charge on any atom is -0.497 e. The molecule has 0 amide bonds. The molecular formula is C16H27NO4. The van der Waals surface area contributed by atoms with Crippen molar-refractivity contribution in [3.05, 3.63) is 18.2 Å². The summed E-state index contributed by atoms with van der Waals surface area (Å²) in [5.41, 5.74) is 0.997. The van der Waals surface area contributed by atoms with E-state index in [0.717, 1.165) is 30.3 Å². The highest BCUT2D eigenvalue weighted by atomic mass is 16.5. The number of anilines is 1. The van der Waals surface area contributed by atoms with E-state index in [4.69, 9.17) is 18.9 Å². The first-order chi connectivity index (χ1) is 10.3. The molecule has 0 aliphatic heterocycles. The highest BCUT2D eigenvalue weighted by Gasteiger charge is 2.13. The summed E-state index contributed by atoms with van der Waals surface area (Å²) in [5, 5.41) is 0. The van der Waals surface area contributed by atoms with Gasteiger partial charge in [-0.25, -0.2) is 0 Å². The van der Waals surface area contributed by atoms with Crippen molar-refractivity contribution in [2.24, 2.45) is 0 Å². The molecular weight excluding hydrogens is 270 g/mol. The molecule has 0 heterocycles. The predicted molar refractivity (Wildman–Crippen MR) is 84.7 cm³/mol. The minimum absolute atomic E-state index is 0.670. The van der Waals surface area contributed by atoms with Crippen LogP contribution in [0.25, 0.3) is 0 Å². The number of benzene rings is 1. The van der Waals surface area contributed by atoms with Crippen molar-refractivity contribution < 1.29 is 18.9 Å². The number of ether oxygens (including phenoxy) is 4. The molecule has 21 heavy (non-hydrogen) atoms. The number of methoxy groups -OCH3 is 2. The molecule has 0 unspecified atom stereocenters. The first kappa shape index (κ1) is 17.6. The summed E-state index contributed by atoms with van der Waals surface area (Å²) in [6, 6.07) is 5.80. The monoisotopic (exact) mass is 297 g/mol. The lowest BCUT2D eigenvalue weighted by Gasteiger charge is -2.26. The lowest BCUT2D eigenvalue weighted by atomic mass is 10.2. The van der Waals surface area contributed by atoms with Crippen LogP contribution in [0.1, 0.15) is 13.8 Å². The summed E-state index contributed by atoms with van der Waals surface area (Å²) < 4.78 is 21.7. The van der Waals surface area contributed by atoms with E-state index in [1.165, 1.54) is 0 Å². The van der Waals surface area contributed by atoms with Crippen LogP contribution < -0.4 is 14.4 Å². The van der Waals surface area contributed by atoms with Crippen LogP contribution in [0.15, 0.2) is 18.2 Å². The lowest BCUT2D eigenvalue weighted by Crippen LogP contribution is -2.31. The predicted octanol–water partition coefficient (Wildman–Crippen LogP) is 2.58. The number of nitrogens with zero attached hydrogens (tertiary/aromatic N) is 1. The third kappa shape index (κ3) is 5.81. The number of hydrogen-bond acceptors (Lipinski definition) is 5. The van der Waals surface area contributed by atoms with Gasteiger partial charge in [0.05, 0.1) is 33.1 Å². The topological polar surface area (TPSA) is 40.2 Å². The van der Waals surface area contributed by atoms with Gasteiger partial charge in [-0.1, -0.05) is 0 Å². The molecule has 5 nitrogen and oxygen atoms in total. The Morgan fingerprint density at radius 1 is 0.905 bits per heavy atom. The maximum Gasteiger partial charge on any atom is 0.142 e. The molecule has 0 spiro atoms. The Hall–Kier alpha value is -1.46. The number of rotatable bonds is 11. The van der Waals surface area contributed by atoms with Gasteiger partial charge in [0, 0.05) is 32.4 Å². The lowest BCUT2D eigenvalue weighted by molar-refractivity contribution is 0.141. The molecule has 0 saturated heterocycles. The quantitative estimate of drug-likeness (QED) is 0.587. The fourth-order valence-electron chi connectivity index (χ4n) is 2.03. The maximum absolute atomic E-state index is 5.47. The average molecular weight is 297 g/mol. The van der Waals surface area contributed by atoms with Crippen LogP contribution in [-0.4, -0.2) is 53.7 Å². The van der Waals surface area contributed by atoms with Crippen LogP contribution in [0.5, 0.6) is 11.5 Å². The van der Waals surface area contributed by atoms with Crippen LogP contribution in [0.2, 0.25) is 0 Å². The van der Waals surface area contributed by atoms with E-state index in [9.17, 15) is 0 Å². The molecule has 0 saturated carbocycles. The zero-order valence-electron chi connectivity index (χ0n) is 13.6. The molecule has 1 aromatic carbocycles. The molecule has 1 rings (SSSR count). The Bertz CT molecular complexity index is 388. The van der Waals surface area contributed by atoms with Gasteiger partial charge in [0.2, 0.25) is 0 Å². The Kier molecular flexibility index (Phi) is 8.62. The van der Waals surface area contributed by atoms with Gasteiger partial charge in [-0.15, -0.1) is 0 Å². The summed E-state index contributed by atoms with van der Waals surface area (Å²) >= 11 is 0. The van der Waals surface area contributed by atoms with E-state index in [1.807, 2.05) is 32.0 Å². The van der Waals surface area contributed by atoms with Gasteiger partial charge in [0.1, 0.15) is 11.5 Å². The Labute approximate surface area is 127 Å². The highest BCUT2D eigenvalue weighted by Crippen LogP contribution is 2.32. The van der Waals surface area contributed by atoms with Crippen LogP contribution in [0.3, 0.4) is 0 Å². The summed E-state index contributed by atoms with van der Waals surface area (Å²) in [7, 11) is 3.34. The fourth-order valence-corrected chi connectivity index (χ4v) is 2.03. The third-order valence-corrected chi connectivity index (χ3v) is 3.15. The normalized spacial score (nSPS) is 10.5. The first-order valence-electron chi connectivity index (χ1n) is 7.39. The summed E-state index contributed by atoms with van der Waals surface area (Å²) in [4.78, 5) is 2.20. The van der Waals surface area contributed by atoms with Crippen molar-refractivity contribution >= 4 is 5.69 Å². The van der Waals surface area contributed by atoms with E-state index in [1.54, 1.807) is 14.2 Å². The van der Waals surface area contributed by atoms with Crippen molar-refractivity contribution in [1.29, 1.82) is 0 Å². The molecule has 0 aromatic heterocycles. The van der Waals surface area contributed by atoms with Crippen molar-refractivity contribution in [3.8, 4) is 11.5 Å². The number of hydrogen-bond donors (Lipinski definition) is 0. The zero-order chi connectivity index (χ0) is 15.5. The summed E-state index contributed by atoms with van der Waals surface area (Å²) in [6.45, 7) is 8.33. The van der Waals surface area contributed by atoms with Crippen LogP contribution in [0.4, 0.5) is 5.69 Å². The highest BCUT2D eigenvalue weighted by molar-refractivity contribution is 5.61. The SMILES string of the molecule is CCOCCN(CCOCC)c1cc(OC)ccc1OC.